The van der Waals surface area contributed by atoms with Gasteiger partial charge >= 0.3 is 0 Å². The number of piperidine rings is 1. The minimum absolute atomic E-state index is 0.00450. The molecule has 2 heterocycles. The Kier molecular flexibility index (Phi) is 3.96. The molecular weight excluding hydrogens is 266 g/mol. The number of aryl methyl sites for hydroxylation is 1. The van der Waals surface area contributed by atoms with Crippen LogP contribution in [0, 0.1) is 6.92 Å². The van der Waals surface area contributed by atoms with Gasteiger partial charge in [-0.3, -0.25) is 4.79 Å². The first-order valence-corrected chi connectivity index (χ1v) is 7.21. The predicted octanol–water partition coefficient (Wildman–Crippen LogP) is 1.06. The summed E-state index contributed by atoms with van der Waals surface area (Å²) in [6.07, 6.45) is 5.12. The fourth-order valence-corrected chi connectivity index (χ4v) is 2.62. The van der Waals surface area contributed by atoms with Gasteiger partial charge in [0, 0.05) is 11.6 Å². The quantitative estimate of drug-likeness (QED) is 0.884. The molecule has 0 atom stereocenters. The van der Waals surface area contributed by atoms with Crippen molar-refractivity contribution in [2.45, 2.75) is 25.8 Å². The van der Waals surface area contributed by atoms with Crippen LogP contribution in [0.1, 0.15) is 28.8 Å². The maximum absolute atomic E-state index is 12.3. The minimum Gasteiger partial charge on any atom is -0.349 e. The molecule has 1 aromatic carbocycles. The summed E-state index contributed by atoms with van der Waals surface area (Å²) in [4.78, 5) is 16.2. The molecule has 3 rings (SSSR count). The first-order valence-electron chi connectivity index (χ1n) is 7.21. The van der Waals surface area contributed by atoms with E-state index in [0.29, 0.717) is 5.56 Å². The lowest BCUT2D eigenvalue weighted by Gasteiger charge is -2.23. The summed E-state index contributed by atoms with van der Waals surface area (Å²) in [6, 6.07) is 5.91. The van der Waals surface area contributed by atoms with Gasteiger partial charge in [0.1, 0.15) is 12.7 Å². The predicted molar refractivity (Wildman–Crippen MR) is 79.5 cm³/mol. The minimum atomic E-state index is -0.00450. The summed E-state index contributed by atoms with van der Waals surface area (Å²) < 4.78 is 1.70. The van der Waals surface area contributed by atoms with E-state index in [9.17, 15) is 4.79 Å². The Morgan fingerprint density at radius 2 is 2.19 bits per heavy atom. The lowest BCUT2D eigenvalue weighted by Crippen LogP contribution is -2.42. The molecule has 6 nitrogen and oxygen atoms in total. The molecule has 1 aliphatic rings. The lowest BCUT2D eigenvalue weighted by atomic mass is 10.0. The number of nitrogens with zero attached hydrogens (tertiary/aromatic N) is 3. The first kappa shape index (κ1) is 13.8. The highest BCUT2D eigenvalue weighted by Gasteiger charge is 2.16. The number of hydrogen-bond donors (Lipinski definition) is 2. The molecule has 1 fully saturated rings. The monoisotopic (exact) mass is 285 g/mol. The van der Waals surface area contributed by atoms with E-state index >= 15 is 0 Å². The van der Waals surface area contributed by atoms with E-state index in [1.807, 2.05) is 25.1 Å². The van der Waals surface area contributed by atoms with Gasteiger partial charge in [-0.05, 0) is 56.6 Å². The molecule has 0 spiro atoms. The van der Waals surface area contributed by atoms with Gasteiger partial charge in [0.15, 0.2) is 0 Å². The molecule has 110 valence electrons. The number of carbonyl (C=O) groups excluding carboxylic acids is 1. The van der Waals surface area contributed by atoms with Crippen LogP contribution in [0.15, 0.2) is 30.9 Å². The van der Waals surface area contributed by atoms with Gasteiger partial charge in [0.2, 0.25) is 0 Å². The molecule has 0 radical (unpaired) electrons. The lowest BCUT2D eigenvalue weighted by molar-refractivity contribution is 0.0929. The average Bonchev–Trinajstić information content (AvgIpc) is 3.02. The Balaban J connectivity index is 1.73. The zero-order chi connectivity index (χ0) is 14.7. The van der Waals surface area contributed by atoms with Crippen molar-refractivity contribution >= 4 is 5.91 Å². The second-order valence-electron chi connectivity index (χ2n) is 5.34. The molecule has 1 amide bonds. The van der Waals surface area contributed by atoms with Crippen LogP contribution >= 0.6 is 0 Å². The molecule has 1 saturated heterocycles. The maximum atomic E-state index is 12.3. The highest BCUT2D eigenvalue weighted by Crippen LogP contribution is 2.15. The summed E-state index contributed by atoms with van der Waals surface area (Å²) in [5.74, 6) is -0.00450. The normalized spacial score (nSPS) is 15.9. The van der Waals surface area contributed by atoms with E-state index in [0.717, 1.165) is 37.2 Å². The average molecular weight is 285 g/mol. The molecule has 6 heteroatoms. The van der Waals surface area contributed by atoms with Crippen molar-refractivity contribution in [1.82, 2.24) is 25.4 Å². The molecule has 2 N–H and O–H groups in total. The van der Waals surface area contributed by atoms with Crippen LogP contribution in [-0.4, -0.2) is 39.8 Å². The molecule has 2 aromatic rings. The highest BCUT2D eigenvalue weighted by molar-refractivity contribution is 5.94. The largest absolute Gasteiger partial charge is 0.349 e. The van der Waals surface area contributed by atoms with Crippen LogP contribution in [0.3, 0.4) is 0 Å². The van der Waals surface area contributed by atoms with E-state index in [4.69, 9.17) is 0 Å². The fourth-order valence-electron chi connectivity index (χ4n) is 2.62. The van der Waals surface area contributed by atoms with Crippen LogP contribution in [0.5, 0.6) is 0 Å². The number of nitrogens with one attached hydrogen (secondary N) is 2. The van der Waals surface area contributed by atoms with Gasteiger partial charge in [-0.25, -0.2) is 9.67 Å². The molecule has 21 heavy (non-hydrogen) atoms. The molecule has 0 aliphatic carbocycles. The van der Waals surface area contributed by atoms with Crippen molar-refractivity contribution in [2.24, 2.45) is 0 Å². The van der Waals surface area contributed by atoms with Crippen LogP contribution < -0.4 is 10.6 Å². The van der Waals surface area contributed by atoms with Crippen molar-refractivity contribution in [1.29, 1.82) is 0 Å². The number of aromatic nitrogens is 3. The van der Waals surface area contributed by atoms with Crippen molar-refractivity contribution in [3.8, 4) is 5.69 Å². The van der Waals surface area contributed by atoms with Crippen molar-refractivity contribution in [3.05, 3.63) is 42.0 Å². The van der Waals surface area contributed by atoms with E-state index in [2.05, 4.69) is 20.7 Å². The van der Waals surface area contributed by atoms with Gasteiger partial charge in [-0.15, -0.1) is 0 Å². The Labute approximate surface area is 123 Å². The number of carbonyl (C=O) groups is 1. The third-order valence-electron chi connectivity index (χ3n) is 3.80. The second-order valence-corrected chi connectivity index (χ2v) is 5.34. The number of rotatable bonds is 3. The van der Waals surface area contributed by atoms with Gasteiger partial charge < -0.3 is 10.6 Å². The second kappa shape index (κ2) is 6.05. The molecule has 1 aromatic heterocycles. The van der Waals surface area contributed by atoms with Crippen molar-refractivity contribution < 1.29 is 4.79 Å². The fraction of sp³-hybridized carbons (Fsp3) is 0.400. The van der Waals surface area contributed by atoms with Gasteiger partial charge in [0.05, 0.1) is 5.69 Å². The topological polar surface area (TPSA) is 71.8 Å². The Bertz CT molecular complexity index is 617. The van der Waals surface area contributed by atoms with Gasteiger partial charge in [-0.1, -0.05) is 0 Å². The molecule has 0 unspecified atom stereocenters. The van der Waals surface area contributed by atoms with Gasteiger partial charge in [0.25, 0.3) is 5.91 Å². The van der Waals surface area contributed by atoms with Gasteiger partial charge in [-0.2, -0.15) is 5.10 Å². The number of benzene rings is 1. The zero-order valence-corrected chi connectivity index (χ0v) is 12.0. The summed E-state index contributed by atoms with van der Waals surface area (Å²) in [7, 11) is 0. The molecular formula is C15H19N5O. The highest BCUT2D eigenvalue weighted by atomic mass is 16.1. The van der Waals surface area contributed by atoms with Crippen molar-refractivity contribution in [3.63, 3.8) is 0 Å². The summed E-state index contributed by atoms with van der Waals surface area (Å²) in [5, 5.41) is 10.5. The van der Waals surface area contributed by atoms with Crippen molar-refractivity contribution in [2.75, 3.05) is 13.1 Å². The smallest absolute Gasteiger partial charge is 0.251 e. The van der Waals surface area contributed by atoms with Crippen LogP contribution in [0.4, 0.5) is 0 Å². The van der Waals surface area contributed by atoms with E-state index in [1.165, 1.54) is 6.33 Å². The summed E-state index contributed by atoms with van der Waals surface area (Å²) >= 11 is 0. The SMILES string of the molecule is Cc1cc(C(=O)NC2CCNCC2)ccc1-n1cncn1. The molecule has 0 bridgehead atoms. The first-order chi connectivity index (χ1) is 10.2. The summed E-state index contributed by atoms with van der Waals surface area (Å²) in [6.45, 7) is 3.91. The molecule has 0 saturated carbocycles. The number of hydrogen-bond acceptors (Lipinski definition) is 4. The third kappa shape index (κ3) is 3.11. The third-order valence-corrected chi connectivity index (χ3v) is 3.80. The Morgan fingerprint density at radius 3 is 2.86 bits per heavy atom. The van der Waals surface area contributed by atoms with Crippen LogP contribution in [0.2, 0.25) is 0 Å². The zero-order valence-electron chi connectivity index (χ0n) is 12.0. The standard InChI is InChI=1S/C15H19N5O/c1-11-8-12(2-3-14(11)20-10-17-9-18-20)15(21)19-13-4-6-16-7-5-13/h2-3,8-10,13,16H,4-7H2,1H3,(H,19,21). The Hall–Kier alpha value is -2.21. The van der Waals surface area contributed by atoms with Crippen LogP contribution in [0.25, 0.3) is 5.69 Å². The van der Waals surface area contributed by atoms with Crippen LogP contribution in [-0.2, 0) is 0 Å². The maximum Gasteiger partial charge on any atom is 0.251 e. The Morgan fingerprint density at radius 1 is 1.38 bits per heavy atom. The van der Waals surface area contributed by atoms with E-state index in [1.54, 1.807) is 11.0 Å². The number of amides is 1. The molecule has 1 aliphatic heterocycles. The van der Waals surface area contributed by atoms with E-state index < -0.39 is 0 Å². The summed E-state index contributed by atoms with van der Waals surface area (Å²) in [5.41, 5.74) is 2.62. The van der Waals surface area contributed by atoms with E-state index in [-0.39, 0.29) is 11.9 Å².